The molecule has 0 saturated heterocycles. The Morgan fingerprint density at radius 3 is 2.10 bits per heavy atom. The van der Waals surface area contributed by atoms with Crippen molar-refractivity contribution in [1.82, 2.24) is 10.2 Å². The zero-order chi connectivity index (χ0) is 21.8. The second kappa shape index (κ2) is 8.98. The summed E-state index contributed by atoms with van der Waals surface area (Å²) in [6.07, 6.45) is -0.381. The molecule has 1 aliphatic rings. The van der Waals surface area contributed by atoms with Gasteiger partial charge in [0, 0.05) is 13.0 Å². The van der Waals surface area contributed by atoms with E-state index in [0.29, 0.717) is 6.42 Å². The number of amides is 2. The molecule has 0 saturated carbocycles. The fourth-order valence-corrected chi connectivity index (χ4v) is 3.72. The van der Waals surface area contributed by atoms with Gasteiger partial charge < -0.3 is 20.1 Å². The van der Waals surface area contributed by atoms with Gasteiger partial charge in [0.2, 0.25) is 5.91 Å². The minimum absolute atomic E-state index is 0.0753. The van der Waals surface area contributed by atoms with Crippen molar-refractivity contribution >= 4 is 18.0 Å². The zero-order valence-electron chi connectivity index (χ0n) is 17.3. The molecular formula is C23H26N2O5. The molecule has 2 amide bonds. The van der Waals surface area contributed by atoms with Crippen molar-refractivity contribution in [2.75, 3.05) is 13.7 Å². The van der Waals surface area contributed by atoms with Crippen LogP contribution in [0.25, 0.3) is 11.1 Å². The number of alkyl carbamates (subject to hydrolysis) is 1. The standard InChI is InChI=1S/C23H26N2O5/c1-4-20(21(26)25(3)14(2)22(27)28)24-23(29)30-13-19-17-11-7-5-9-15(17)16-10-6-8-12-18(16)19/h5-12,14,19-20H,4,13H2,1-3H3,(H,24,29)(H,27,28)/t14-,20?/m0/s1. The van der Waals surface area contributed by atoms with E-state index in [2.05, 4.69) is 17.4 Å². The van der Waals surface area contributed by atoms with Gasteiger partial charge in [-0.2, -0.15) is 0 Å². The summed E-state index contributed by atoms with van der Waals surface area (Å²) in [6.45, 7) is 3.30. The van der Waals surface area contributed by atoms with Crippen molar-refractivity contribution in [3.8, 4) is 11.1 Å². The van der Waals surface area contributed by atoms with Gasteiger partial charge in [0.25, 0.3) is 0 Å². The number of carboxylic acids is 1. The smallest absolute Gasteiger partial charge is 0.407 e. The maximum atomic E-state index is 12.5. The lowest BCUT2D eigenvalue weighted by atomic mass is 9.98. The number of nitrogens with one attached hydrogen (secondary N) is 1. The van der Waals surface area contributed by atoms with Crippen molar-refractivity contribution < 1.29 is 24.2 Å². The number of benzene rings is 2. The summed E-state index contributed by atoms with van der Waals surface area (Å²) in [4.78, 5) is 37.2. The summed E-state index contributed by atoms with van der Waals surface area (Å²) in [6, 6.07) is 14.2. The van der Waals surface area contributed by atoms with Crippen LogP contribution in [-0.2, 0) is 14.3 Å². The molecule has 2 aromatic rings. The lowest BCUT2D eigenvalue weighted by molar-refractivity contribution is -0.149. The lowest BCUT2D eigenvalue weighted by Crippen LogP contribution is -2.51. The van der Waals surface area contributed by atoms with Gasteiger partial charge in [-0.3, -0.25) is 4.79 Å². The highest BCUT2D eigenvalue weighted by Gasteiger charge is 2.31. The molecule has 0 aromatic heterocycles. The molecule has 7 heteroatoms. The Morgan fingerprint density at radius 2 is 1.60 bits per heavy atom. The average molecular weight is 410 g/mol. The third-order valence-corrected chi connectivity index (χ3v) is 5.63. The van der Waals surface area contributed by atoms with E-state index in [4.69, 9.17) is 9.84 Å². The first-order valence-electron chi connectivity index (χ1n) is 9.96. The third kappa shape index (κ3) is 4.15. The van der Waals surface area contributed by atoms with E-state index < -0.39 is 30.1 Å². The van der Waals surface area contributed by atoms with Crippen LogP contribution in [0.3, 0.4) is 0 Å². The topological polar surface area (TPSA) is 95.9 Å². The molecule has 30 heavy (non-hydrogen) atoms. The van der Waals surface area contributed by atoms with Crippen LogP contribution in [-0.4, -0.2) is 53.7 Å². The first-order valence-corrected chi connectivity index (χ1v) is 9.96. The van der Waals surface area contributed by atoms with Gasteiger partial charge in [-0.1, -0.05) is 55.5 Å². The monoisotopic (exact) mass is 410 g/mol. The number of hydrogen-bond acceptors (Lipinski definition) is 4. The third-order valence-electron chi connectivity index (χ3n) is 5.63. The van der Waals surface area contributed by atoms with Crippen LogP contribution in [0.2, 0.25) is 0 Å². The summed E-state index contributed by atoms with van der Waals surface area (Å²) in [5.74, 6) is -1.66. The van der Waals surface area contributed by atoms with Crippen LogP contribution in [0.5, 0.6) is 0 Å². The Balaban J connectivity index is 1.66. The molecule has 0 radical (unpaired) electrons. The largest absolute Gasteiger partial charge is 0.480 e. The lowest BCUT2D eigenvalue weighted by Gasteiger charge is -2.26. The maximum absolute atomic E-state index is 12.5. The molecule has 7 nitrogen and oxygen atoms in total. The van der Waals surface area contributed by atoms with Gasteiger partial charge in [-0.25, -0.2) is 9.59 Å². The Morgan fingerprint density at radius 1 is 1.07 bits per heavy atom. The number of likely N-dealkylation sites (N-methyl/N-ethyl adjacent to an activating group) is 1. The van der Waals surface area contributed by atoms with Crippen molar-refractivity contribution in [2.24, 2.45) is 0 Å². The van der Waals surface area contributed by atoms with Crippen LogP contribution in [0, 0.1) is 0 Å². The van der Waals surface area contributed by atoms with E-state index in [1.54, 1.807) is 6.92 Å². The summed E-state index contributed by atoms with van der Waals surface area (Å²) in [7, 11) is 1.41. The number of nitrogens with zero attached hydrogens (tertiary/aromatic N) is 1. The Labute approximate surface area is 175 Å². The number of ether oxygens (including phenoxy) is 1. The molecule has 0 heterocycles. The zero-order valence-corrected chi connectivity index (χ0v) is 17.3. The predicted octanol–water partition coefficient (Wildman–Crippen LogP) is 3.24. The van der Waals surface area contributed by atoms with Crippen LogP contribution in [0.4, 0.5) is 4.79 Å². The summed E-state index contributed by atoms with van der Waals surface area (Å²) < 4.78 is 5.47. The highest BCUT2D eigenvalue weighted by Crippen LogP contribution is 2.44. The molecule has 0 spiro atoms. The number of rotatable bonds is 7. The molecule has 0 fully saturated rings. The summed E-state index contributed by atoms with van der Waals surface area (Å²) >= 11 is 0. The van der Waals surface area contributed by atoms with Crippen molar-refractivity contribution in [3.05, 3.63) is 59.7 Å². The highest BCUT2D eigenvalue weighted by atomic mass is 16.5. The molecule has 2 N–H and O–H groups in total. The number of carbonyl (C=O) groups is 3. The number of hydrogen-bond donors (Lipinski definition) is 2. The van der Waals surface area contributed by atoms with Gasteiger partial charge in [-0.15, -0.1) is 0 Å². The molecule has 1 unspecified atom stereocenters. The fraction of sp³-hybridized carbons (Fsp3) is 0.348. The van der Waals surface area contributed by atoms with Crippen molar-refractivity contribution in [1.29, 1.82) is 0 Å². The first-order chi connectivity index (χ1) is 14.3. The summed E-state index contributed by atoms with van der Waals surface area (Å²) in [5.41, 5.74) is 4.47. The van der Waals surface area contributed by atoms with Gasteiger partial charge in [0.1, 0.15) is 18.7 Å². The maximum Gasteiger partial charge on any atom is 0.407 e. The second-order valence-electron chi connectivity index (χ2n) is 7.39. The van der Waals surface area contributed by atoms with Crippen LogP contribution >= 0.6 is 0 Å². The Bertz CT molecular complexity index is 913. The fourth-order valence-electron chi connectivity index (χ4n) is 3.72. The Hall–Kier alpha value is -3.35. The van der Waals surface area contributed by atoms with Crippen LogP contribution in [0.1, 0.15) is 37.3 Å². The predicted molar refractivity (Wildman–Crippen MR) is 112 cm³/mol. The number of carbonyl (C=O) groups excluding carboxylic acids is 2. The van der Waals surface area contributed by atoms with Crippen molar-refractivity contribution in [2.45, 2.75) is 38.3 Å². The molecular weight excluding hydrogens is 384 g/mol. The SMILES string of the molecule is CCC(NC(=O)OCC1c2ccccc2-c2ccccc21)C(=O)N(C)[C@@H](C)C(=O)O. The summed E-state index contributed by atoms with van der Waals surface area (Å²) in [5, 5.41) is 11.7. The number of fused-ring (bicyclic) bond motifs is 3. The van der Waals surface area contributed by atoms with E-state index in [1.807, 2.05) is 36.4 Å². The van der Waals surface area contributed by atoms with Crippen LogP contribution < -0.4 is 5.32 Å². The molecule has 158 valence electrons. The normalized spacial score (nSPS) is 14.2. The van der Waals surface area contributed by atoms with Gasteiger partial charge in [0.15, 0.2) is 0 Å². The molecule has 0 aliphatic heterocycles. The second-order valence-corrected chi connectivity index (χ2v) is 7.39. The molecule has 2 atom stereocenters. The average Bonchev–Trinajstić information content (AvgIpc) is 3.08. The molecule has 2 aromatic carbocycles. The molecule has 0 bridgehead atoms. The molecule has 3 rings (SSSR count). The highest BCUT2D eigenvalue weighted by molar-refractivity contribution is 5.89. The van der Waals surface area contributed by atoms with E-state index in [0.717, 1.165) is 27.2 Å². The van der Waals surface area contributed by atoms with Gasteiger partial charge in [-0.05, 0) is 35.6 Å². The number of carboxylic acid groups (broad SMARTS) is 1. The van der Waals surface area contributed by atoms with E-state index in [-0.39, 0.29) is 12.5 Å². The molecule has 1 aliphatic carbocycles. The van der Waals surface area contributed by atoms with Crippen LogP contribution in [0.15, 0.2) is 48.5 Å². The minimum atomic E-state index is -1.11. The quantitative estimate of drug-likeness (QED) is 0.731. The Kier molecular flexibility index (Phi) is 6.40. The first kappa shape index (κ1) is 21.4. The van der Waals surface area contributed by atoms with Gasteiger partial charge in [0.05, 0.1) is 0 Å². The number of aliphatic carboxylic acids is 1. The van der Waals surface area contributed by atoms with E-state index in [9.17, 15) is 14.4 Å². The van der Waals surface area contributed by atoms with E-state index >= 15 is 0 Å². The van der Waals surface area contributed by atoms with Gasteiger partial charge >= 0.3 is 12.1 Å². The van der Waals surface area contributed by atoms with Crippen molar-refractivity contribution in [3.63, 3.8) is 0 Å². The van der Waals surface area contributed by atoms with E-state index in [1.165, 1.54) is 14.0 Å². The minimum Gasteiger partial charge on any atom is -0.480 e.